The number of hydrogen-bond acceptors (Lipinski definition) is 3. The molecule has 0 radical (unpaired) electrons. The van der Waals surface area contributed by atoms with Crippen molar-refractivity contribution in [3.63, 3.8) is 0 Å². The van der Waals surface area contributed by atoms with E-state index in [-0.39, 0.29) is 11.6 Å². The zero-order valence-corrected chi connectivity index (χ0v) is 11.3. The monoisotopic (exact) mass is 274 g/mol. The summed E-state index contributed by atoms with van der Waals surface area (Å²) in [5.41, 5.74) is 1.27. The molecule has 0 aliphatic carbocycles. The summed E-state index contributed by atoms with van der Waals surface area (Å²) in [5.74, 6) is -0.0787. The van der Waals surface area contributed by atoms with Gasteiger partial charge in [-0.2, -0.15) is 0 Å². The number of nitrogens with one attached hydrogen (secondary N) is 3. The third-order valence-electron chi connectivity index (χ3n) is 2.79. The van der Waals surface area contributed by atoms with Crippen LogP contribution in [0.5, 0.6) is 0 Å². The number of carbonyl (C=O) groups excluding carboxylic acids is 1. The highest BCUT2D eigenvalue weighted by molar-refractivity contribution is 5.92. The molecule has 2 rings (SSSR count). The molecule has 6 nitrogen and oxygen atoms in total. The van der Waals surface area contributed by atoms with Gasteiger partial charge in [0.15, 0.2) is 0 Å². The van der Waals surface area contributed by atoms with Crippen LogP contribution >= 0.6 is 0 Å². The number of amides is 1. The van der Waals surface area contributed by atoms with E-state index in [2.05, 4.69) is 15.6 Å². The van der Waals surface area contributed by atoms with E-state index in [0.29, 0.717) is 12.2 Å². The van der Waals surface area contributed by atoms with E-state index in [1.54, 1.807) is 36.7 Å². The minimum Gasteiger partial charge on any atom is -0.325 e. The predicted molar refractivity (Wildman–Crippen MR) is 78.2 cm³/mol. The molecule has 1 aromatic carbocycles. The van der Waals surface area contributed by atoms with Gasteiger partial charge in [0, 0.05) is 18.1 Å². The molecule has 0 atom stereocenters. The lowest BCUT2D eigenvalue weighted by Crippen LogP contribution is -2.28. The molecule has 0 aliphatic heterocycles. The lowest BCUT2D eigenvalue weighted by molar-refractivity contribution is -0.115. The summed E-state index contributed by atoms with van der Waals surface area (Å²) in [4.78, 5) is 25.7. The zero-order chi connectivity index (χ0) is 14.4. The summed E-state index contributed by atoms with van der Waals surface area (Å²) in [5, 5.41) is 5.83. The van der Waals surface area contributed by atoms with Crippen LogP contribution in [0.1, 0.15) is 13.3 Å². The highest BCUT2D eigenvalue weighted by Gasteiger charge is 2.03. The Morgan fingerprint density at radius 1 is 1.30 bits per heavy atom. The van der Waals surface area contributed by atoms with Gasteiger partial charge in [-0.3, -0.25) is 9.36 Å². The van der Waals surface area contributed by atoms with Gasteiger partial charge in [0.25, 0.3) is 0 Å². The Morgan fingerprint density at radius 3 is 2.65 bits per heavy atom. The van der Waals surface area contributed by atoms with Crippen LogP contribution in [-0.4, -0.2) is 28.5 Å². The molecule has 0 bridgehead atoms. The molecule has 3 N–H and O–H groups in total. The third-order valence-corrected chi connectivity index (χ3v) is 2.79. The number of nitrogens with zero attached hydrogens (tertiary/aromatic N) is 1. The molecule has 0 spiro atoms. The van der Waals surface area contributed by atoms with E-state index in [1.165, 1.54) is 4.57 Å². The van der Waals surface area contributed by atoms with Crippen LogP contribution in [0.2, 0.25) is 0 Å². The Hall–Kier alpha value is -2.34. The Bertz CT molecular complexity index is 613. The van der Waals surface area contributed by atoms with E-state index >= 15 is 0 Å². The van der Waals surface area contributed by atoms with Crippen LogP contribution in [0.4, 0.5) is 5.69 Å². The Balaban J connectivity index is 1.97. The second kappa shape index (κ2) is 6.72. The Morgan fingerprint density at radius 2 is 2.05 bits per heavy atom. The Kier molecular flexibility index (Phi) is 4.73. The highest BCUT2D eigenvalue weighted by atomic mass is 16.2. The lowest BCUT2D eigenvalue weighted by atomic mass is 10.2. The number of aromatic amines is 1. The first-order valence-electron chi connectivity index (χ1n) is 6.57. The number of benzene rings is 1. The van der Waals surface area contributed by atoms with Gasteiger partial charge < -0.3 is 15.6 Å². The summed E-state index contributed by atoms with van der Waals surface area (Å²) < 4.78 is 1.49. The molecule has 0 aliphatic rings. The van der Waals surface area contributed by atoms with Crippen LogP contribution in [0, 0.1) is 0 Å². The molecule has 1 heterocycles. The lowest BCUT2D eigenvalue weighted by Gasteiger charge is -2.07. The average Bonchev–Trinajstić information content (AvgIpc) is 2.86. The molecular formula is C14H18N4O2. The fourth-order valence-corrected chi connectivity index (χ4v) is 1.81. The van der Waals surface area contributed by atoms with Crippen LogP contribution in [0.15, 0.2) is 41.5 Å². The van der Waals surface area contributed by atoms with Gasteiger partial charge in [-0.25, -0.2) is 4.79 Å². The van der Waals surface area contributed by atoms with Crippen molar-refractivity contribution in [1.82, 2.24) is 14.9 Å². The van der Waals surface area contributed by atoms with Crippen LogP contribution in [0.25, 0.3) is 5.69 Å². The normalized spacial score (nSPS) is 10.4. The first-order chi connectivity index (χ1) is 9.70. The van der Waals surface area contributed by atoms with E-state index in [4.69, 9.17) is 0 Å². The smallest absolute Gasteiger partial charge is 0.325 e. The second-order valence-electron chi connectivity index (χ2n) is 4.41. The maximum atomic E-state index is 11.6. The molecule has 0 fully saturated rings. The fraction of sp³-hybridized carbons (Fsp3) is 0.286. The minimum absolute atomic E-state index is 0.0787. The first kappa shape index (κ1) is 14.1. The largest absolute Gasteiger partial charge is 0.330 e. The summed E-state index contributed by atoms with van der Waals surface area (Å²) in [6, 6.07) is 7.10. The van der Waals surface area contributed by atoms with Crippen molar-refractivity contribution in [2.45, 2.75) is 13.3 Å². The van der Waals surface area contributed by atoms with Crippen molar-refractivity contribution < 1.29 is 4.79 Å². The van der Waals surface area contributed by atoms with Crippen molar-refractivity contribution in [2.75, 3.05) is 18.4 Å². The van der Waals surface area contributed by atoms with E-state index < -0.39 is 0 Å². The van der Waals surface area contributed by atoms with Gasteiger partial charge >= 0.3 is 5.69 Å². The maximum Gasteiger partial charge on any atom is 0.330 e. The second-order valence-corrected chi connectivity index (χ2v) is 4.41. The van der Waals surface area contributed by atoms with Gasteiger partial charge in [0.1, 0.15) is 0 Å². The predicted octanol–water partition coefficient (Wildman–Crippen LogP) is 1.10. The van der Waals surface area contributed by atoms with Crippen molar-refractivity contribution in [1.29, 1.82) is 0 Å². The SMILES string of the molecule is CCCNCC(=O)Nc1ccc(-n2cc[nH]c2=O)cc1. The number of rotatable bonds is 6. The minimum atomic E-state index is -0.189. The highest BCUT2D eigenvalue weighted by Crippen LogP contribution is 2.11. The molecule has 0 unspecified atom stereocenters. The quantitative estimate of drug-likeness (QED) is 0.690. The number of imidazole rings is 1. The van der Waals surface area contributed by atoms with Gasteiger partial charge in [-0.15, -0.1) is 0 Å². The summed E-state index contributed by atoms with van der Waals surface area (Å²) >= 11 is 0. The van der Waals surface area contributed by atoms with Gasteiger partial charge in [-0.05, 0) is 37.2 Å². The zero-order valence-electron chi connectivity index (χ0n) is 11.3. The summed E-state index contributed by atoms with van der Waals surface area (Å²) in [6.45, 7) is 3.17. The average molecular weight is 274 g/mol. The first-order valence-corrected chi connectivity index (χ1v) is 6.57. The number of anilines is 1. The van der Waals surface area contributed by atoms with E-state index in [9.17, 15) is 9.59 Å². The summed E-state index contributed by atoms with van der Waals surface area (Å²) in [6.07, 6.45) is 4.23. The molecule has 2 aromatic rings. The molecule has 0 saturated heterocycles. The topological polar surface area (TPSA) is 78.9 Å². The summed E-state index contributed by atoms with van der Waals surface area (Å²) in [7, 11) is 0. The van der Waals surface area contributed by atoms with Crippen LogP contribution in [-0.2, 0) is 4.79 Å². The number of hydrogen-bond donors (Lipinski definition) is 3. The molecule has 1 amide bonds. The van der Waals surface area contributed by atoms with Gasteiger partial charge in [-0.1, -0.05) is 6.92 Å². The molecule has 0 saturated carbocycles. The van der Waals surface area contributed by atoms with Gasteiger partial charge in [0.05, 0.1) is 12.2 Å². The third kappa shape index (κ3) is 3.58. The molecule has 106 valence electrons. The van der Waals surface area contributed by atoms with Crippen molar-refractivity contribution >= 4 is 11.6 Å². The standard InChI is InChI=1S/C14H18N4O2/c1-2-7-15-10-13(19)17-11-3-5-12(6-4-11)18-9-8-16-14(18)20/h3-6,8-9,15H,2,7,10H2,1H3,(H,16,20)(H,17,19). The molecular weight excluding hydrogens is 256 g/mol. The number of H-pyrrole nitrogens is 1. The van der Waals surface area contributed by atoms with Crippen molar-refractivity contribution in [3.8, 4) is 5.69 Å². The molecule has 6 heteroatoms. The maximum absolute atomic E-state index is 11.6. The van der Waals surface area contributed by atoms with E-state index in [0.717, 1.165) is 18.7 Å². The number of aromatic nitrogens is 2. The van der Waals surface area contributed by atoms with Crippen LogP contribution < -0.4 is 16.3 Å². The van der Waals surface area contributed by atoms with Crippen LogP contribution in [0.3, 0.4) is 0 Å². The number of carbonyl (C=O) groups is 1. The molecule has 1 aromatic heterocycles. The van der Waals surface area contributed by atoms with Gasteiger partial charge in [0.2, 0.25) is 5.91 Å². The fourth-order valence-electron chi connectivity index (χ4n) is 1.81. The van der Waals surface area contributed by atoms with E-state index in [1.807, 2.05) is 6.92 Å². The van der Waals surface area contributed by atoms with Crippen molar-refractivity contribution in [2.24, 2.45) is 0 Å². The Labute approximate surface area is 116 Å². The molecule has 20 heavy (non-hydrogen) atoms. The van der Waals surface area contributed by atoms with Crippen molar-refractivity contribution in [3.05, 3.63) is 47.1 Å².